The van der Waals surface area contributed by atoms with E-state index in [2.05, 4.69) is 0 Å². The first-order valence-corrected chi connectivity index (χ1v) is 4.61. The molecule has 70 valence electrons. The first-order chi connectivity index (χ1) is 6.61. The SMILES string of the molecule is O=C1C=C(Cl)C(=O)c2c(Cl)cccc21. The summed E-state index contributed by atoms with van der Waals surface area (Å²) in [6.07, 6.45) is 1.11. The van der Waals surface area contributed by atoms with Crippen LogP contribution in [0.5, 0.6) is 0 Å². The number of fused-ring (bicyclic) bond motifs is 1. The van der Waals surface area contributed by atoms with Crippen LogP contribution in [0.15, 0.2) is 29.3 Å². The molecule has 1 aliphatic rings. The fourth-order valence-corrected chi connectivity index (χ4v) is 1.79. The Kier molecular flexibility index (Phi) is 2.17. The Bertz CT molecular complexity index is 475. The van der Waals surface area contributed by atoms with Crippen LogP contribution in [0.4, 0.5) is 0 Å². The van der Waals surface area contributed by atoms with Crippen LogP contribution in [0, 0.1) is 0 Å². The van der Waals surface area contributed by atoms with Gasteiger partial charge in [-0.15, -0.1) is 0 Å². The van der Waals surface area contributed by atoms with Crippen LogP contribution < -0.4 is 0 Å². The van der Waals surface area contributed by atoms with Crippen molar-refractivity contribution in [3.05, 3.63) is 45.5 Å². The van der Waals surface area contributed by atoms with Gasteiger partial charge < -0.3 is 0 Å². The van der Waals surface area contributed by atoms with Crippen LogP contribution in [-0.4, -0.2) is 11.6 Å². The minimum atomic E-state index is -0.396. The highest BCUT2D eigenvalue weighted by molar-refractivity contribution is 6.51. The van der Waals surface area contributed by atoms with Gasteiger partial charge in [-0.3, -0.25) is 9.59 Å². The maximum atomic E-state index is 11.5. The highest BCUT2D eigenvalue weighted by Crippen LogP contribution is 2.28. The van der Waals surface area contributed by atoms with E-state index in [0.29, 0.717) is 5.56 Å². The van der Waals surface area contributed by atoms with E-state index in [9.17, 15) is 9.59 Å². The van der Waals surface area contributed by atoms with Gasteiger partial charge in [-0.05, 0) is 6.07 Å². The van der Waals surface area contributed by atoms with Crippen molar-refractivity contribution in [1.29, 1.82) is 0 Å². The van der Waals surface area contributed by atoms with Crippen molar-refractivity contribution < 1.29 is 9.59 Å². The number of ketones is 2. The number of rotatable bonds is 0. The monoisotopic (exact) mass is 226 g/mol. The average Bonchev–Trinajstić information content (AvgIpc) is 2.14. The fraction of sp³-hybridized carbons (Fsp3) is 0. The van der Waals surface area contributed by atoms with E-state index in [1.165, 1.54) is 0 Å². The summed E-state index contributed by atoms with van der Waals surface area (Å²) in [5, 5.41) is 0.169. The maximum absolute atomic E-state index is 11.5. The van der Waals surface area contributed by atoms with Gasteiger partial charge in [0.15, 0.2) is 5.78 Å². The Morgan fingerprint density at radius 1 is 1.07 bits per heavy atom. The van der Waals surface area contributed by atoms with Gasteiger partial charge in [0.2, 0.25) is 5.78 Å². The standard InChI is InChI=1S/C10H4Cl2O2/c11-6-3-1-2-5-8(13)4-7(12)10(14)9(5)6/h1-4H. The lowest BCUT2D eigenvalue weighted by Crippen LogP contribution is -2.14. The molecule has 0 bridgehead atoms. The molecule has 2 nitrogen and oxygen atoms in total. The van der Waals surface area contributed by atoms with E-state index in [1.807, 2.05) is 0 Å². The van der Waals surface area contributed by atoms with Crippen LogP contribution >= 0.6 is 23.2 Å². The van der Waals surface area contributed by atoms with E-state index < -0.39 is 5.78 Å². The van der Waals surface area contributed by atoms with E-state index in [1.54, 1.807) is 18.2 Å². The summed E-state index contributed by atoms with van der Waals surface area (Å²) in [6, 6.07) is 4.74. The molecule has 0 aliphatic heterocycles. The first kappa shape index (κ1) is 9.44. The van der Waals surface area contributed by atoms with E-state index in [-0.39, 0.29) is 21.4 Å². The van der Waals surface area contributed by atoms with Crippen LogP contribution in [0.1, 0.15) is 20.7 Å². The molecule has 1 aliphatic carbocycles. The summed E-state index contributed by atoms with van der Waals surface area (Å²) in [5.41, 5.74) is 0.513. The third-order valence-corrected chi connectivity index (χ3v) is 2.58. The molecule has 0 atom stereocenters. The van der Waals surface area contributed by atoms with Gasteiger partial charge in [0.1, 0.15) is 0 Å². The molecule has 0 saturated heterocycles. The van der Waals surface area contributed by atoms with E-state index in [4.69, 9.17) is 23.2 Å². The molecule has 0 fully saturated rings. The second-order valence-electron chi connectivity index (χ2n) is 2.85. The summed E-state index contributed by atoms with van der Waals surface area (Å²) in [6.45, 7) is 0. The Hall–Kier alpha value is -1.12. The van der Waals surface area contributed by atoms with Crippen molar-refractivity contribution >= 4 is 34.8 Å². The van der Waals surface area contributed by atoms with Crippen molar-refractivity contribution in [3.8, 4) is 0 Å². The summed E-state index contributed by atoms with van der Waals surface area (Å²) < 4.78 is 0. The second kappa shape index (κ2) is 3.23. The highest BCUT2D eigenvalue weighted by Gasteiger charge is 2.26. The van der Waals surface area contributed by atoms with Gasteiger partial charge in [-0.1, -0.05) is 35.3 Å². The molecule has 0 spiro atoms. The molecular weight excluding hydrogens is 223 g/mol. The summed E-state index contributed by atoms with van der Waals surface area (Å²) in [7, 11) is 0. The number of benzene rings is 1. The minimum Gasteiger partial charge on any atom is -0.289 e. The van der Waals surface area contributed by atoms with Crippen LogP contribution in [0.2, 0.25) is 5.02 Å². The third kappa shape index (κ3) is 1.27. The van der Waals surface area contributed by atoms with Gasteiger partial charge in [-0.25, -0.2) is 0 Å². The minimum absolute atomic E-state index is 0.0874. The largest absolute Gasteiger partial charge is 0.289 e. The van der Waals surface area contributed by atoms with Crippen molar-refractivity contribution in [2.24, 2.45) is 0 Å². The number of carbonyl (C=O) groups excluding carboxylic acids is 2. The Balaban J connectivity index is 2.76. The van der Waals surface area contributed by atoms with E-state index in [0.717, 1.165) is 6.08 Å². The van der Waals surface area contributed by atoms with Crippen LogP contribution in [-0.2, 0) is 0 Å². The lowest BCUT2D eigenvalue weighted by molar-refractivity contribution is 0.0990. The first-order valence-electron chi connectivity index (χ1n) is 3.86. The predicted molar refractivity (Wildman–Crippen MR) is 54.0 cm³/mol. The van der Waals surface area contributed by atoms with E-state index >= 15 is 0 Å². The molecule has 1 aromatic rings. The van der Waals surface area contributed by atoms with Crippen molar-refractivity contribution in [2.45, 2.75) is 0 Å². The fourth-order valence-electron chi connectivity index (χ4n) is 1.34. The molecule has 1 aromatic carbocycles. The quantitative estimate of drug-likeness (QED) is 0.682. The number of hydrogen-bond donors (Lipinski definition) is 0. The van der Waals surface area contributed by atoms with Crippen molar-refractivity contribution in [3.63, 3.8) is 0 Å². The lowest BCUT2D eigenvalue weighted by Gasteiger charge is -2.11. The van der Waals surface area contributed by atoms with Crippen molar-refractivity contribution in [2.75, 3.05) is 0 Å². The Morgan fingerprint density at radius 3 is 2.50 bits per heavy atom. The zero-order valence-corrected chi connectivity index (χ0v) is 8.39. The molecule has 0 saturated carbocycles. The van der Waals surface area contributed by atoms with Gasteiger partial charge in [0.05, 0.1) is 15.6 Å². The molecule has 4 heteroatoms. The van der Waals surface area contributed by atoms with Gasteiger partial charge in [-0.2, -0.15) is 0 Å². The third-order valence-electron chi connectivity index (χ3n) is 1.98. The predicted octanol–water partition coefficient (Wildman–Crippen LogP) is 2.84. The number of carbonyl (C=O) groups is 2. The number of Topliss-reactive ketones (excluding diaryl/α,β-unsaturated/α-hetero) is 1. The van der Waals surface area contributed by atoms with Crippen LogP contribution in [0.3, 0.4) is 0 Å². The maximum Gasteiger partial charge on any atom is 0.206 e. The molecule has 0 N–H and O–H groups in total. The molecular formula is C10H4Cl2O2. The molecule has 0 amide bonds. The second-order valence-corrected chi connectivity index (χ2v) is 3.66. The molecule has 0 unspecified atom stereocenters. The molecule has 0 radical (unpaired) electrons. The zero-order chi connectivity index (χ0) is 10.3. The normalized spacial score (nSPS) is 15.1. The number of halogens is 2. The topological polar surface area (TPSA) is 34.1 Å². The van der Waals surface area contributed by atoms with Gasteiger partial charge in [0, 0.05) is 11.6 Å². The summed E-state index contributed by atoms with van der Waals surface area (Å²) in [5.74, 6) is -0.682. The smallest absolute Gasteiger partial charge is 0.206 e. The average molecular weight is 227 g/mol. The number of allylic oxidation sites excluding steroid dienone is 2. The highest BCUT2D eigenvalue weighted by atomic mass is 35.5. The van der Waals surface area contributed by atoms with Crippen LogP contribution in [0.25, 0.3) is 0 Å². The molecule has 2 rings (SSSR count). The Labute approximate surface area is 90.1 Å². The molecule has 14 heavy (non-hydrogen) atoms. The van der Waals surface area contributed by atoms with Gasteiger partial charge >= 0.3 is 0 Å². The Morgan fingerprint density at radius 2 is 1.79 bits per heavy atom. The summed E-state index contributed by atoms with van der Waals surface area (Å²) >= 11 is 11.4. The zero-order valence-electron chi connectivity index (χ0n) is 6.88. The van der Waals surface area contributed by atoms with Crippen molar-refractivity contribution in [1.82, 2.24) is 0 Å². The van der Waals surface area contributed by atoms with Gasteiger partial charge in [0.25, 0.3) is 0 Å². The lowest BCUT2D eigenvalue weighted by atomic mass is 9.95. The molecule has 0 aromatic heterocycles. The summed E-state index contributed by atoms with van der Waals surface area (Å²) in [4.78, 5) is 23.0. The molecule has 0 heterocycles. The number of hydrogen-bond acceptors (Lipinski definition) is 2.